The van der Waals surface area contributed by atoms with E-state index in [1.54, 1.807) is 23.0 Å². The minimum atomic E-state index is -0.0612. The average molecular weight is 229 g/mol. The number of amides is 1. The number of nitrogens with zero attached hydrogens (tertiary/aromatic N) is 2. The molecular formula is C13H15N3O. The Morgan fingerprint density at radius 3 is 2.65 bits per heavy atom. The van der Waals surface area contributed by atoms with Crippen molar-refractivity contribution in [2.24, 2.45) is 7.05 Å². The number of rotatable bonds is 3. The highest BCUT2D eigenvalue weighted by molar-refractivity contribution is 5.94. The van der Waals surface area contributed by atoms with Crippen molar-refractivity contribution in [3.8, 4) is 0 Å². The summed E-state index contributed by atoms with van der Waals surface area (Å²) in [5.74, 6) is -0.0612. The molecule has 1 amide bonds. The fraction of sp³-hybridized carbons (Fsp3) is 0.231. The number of aromatic nitrogens is 2. The molecule has 1 heterocycles. The van der Waals surface area contributed by atoms with Gasteiger partial charge in [-0.1, -0.05) is 18.2 Å². The number of carbonyl (C=O) groups excluding carboxylic acids is 1. The summed E-state index contributed by atoms with van der Waals surface area (Å²) in [7, 11) is 1.89. The topological polar surface area (TPSA) is 46.9 Å². The van der Waals surface area contributed by atoms with Gasteiger partial charge in [0, 0.05) is 30.4 Å². The number of hydrogen-bond donors (Lipinski definition) is 1. The van der Waals surface area contributed by atoms with Gasteiger partial charge in [0.15, 0.2) is 0 Å². The molecule has 0 saturated heterocycles. The Balaban J connectivity index is 2.00. The van der Waals surface area contributed by atoms with Crippen LogP contribution in [0.15, 0.2) is 36.5 Å². The Morgan fingerprint density at radius 2 is 2.06 bits per heavy atom. The molecule has 17 heavy (non-hydrogen) atoms. The van der Waals surface area contributed by atoms with E-state index in [-0.39, 0.29) is 5.91 Å². The fourth-order valence-corrected chi connectivity index (χ4v) is 1.58. The Hall–Kier alpha value is -2.10. The van der Waals surface area contributed by atoms with E-state index < -0.39 is 0 Å². The highest BCUT2D eigenvalue weighted by atomic mass is 16.1. The lowest BCUT2D eigenvalue weighted by Crippen LogP contribution is -2.22. The van der Waals surface area contributed by atoms with Gasteiger partial charge in [0.25, 0.3) is 5.91 Å². The summed E-state index contributed by atoms with van der Waals surface area (Å²) in [6, 6.07) is 9.19. The monoisotopic (exact) mass is 229 g/mol. The van der Waals surface area contributed by atoms with Gasteiger partial charge in [-0.25, -0.2) is 0 Å². The zero-order valence-electron chi connectivity index (χ0n) is 9.97. The van der Waals surface area contributed by atoms with Crippen LogP contribution in [0.4, 0.5) is 0 Å². The molecule has 88 valence electrons. The zero-order chi connectivity index (χ0) is 12.3. The van der Waals surface area contributed by atoms with Gasteiger partial charge in [-0.2, -0.15) is 5.10 Å². The van der Waals surface area contributed by atoms with Gasteiger partial charge in [-0.3, -0.25) is 9.48 Å². The second-order valence-electron chi connectivity index (χ2n) is 3.93. The van der Waals surface area contributed by atoms with E-state index in [0.29, 0.717) is 12.1 Å². The van der Waals surface area contributed by atoms with E-state index in [1.807, 2.05) is 32.2 Å². The second-order valence-corrected chi connectivity index (χ2v) is 3.93. The summed E-state index contributed by atoms with van der Waals surface area (Å²) in [4.78, 5) is 11.8. The molecule has 0 radical (unpaired) electrons. The normalized spacial score (nSPS) is 10.2. The molecule has 1 N–H and O–H groups in total. The summed E-state index contributed by atoms with van der Waals surface area (Å²) in [5.41, 5.74) is 2.78. The number of aryl methyl sites for hydroxylation is 1. The van der Waals surface area contributed by atoms with Crippen LogP contribution in [0, 0.1) is 6.92 Å². The second kappa shape index (κ2) is 4.82. The largest absolute Gasteiger partial charge is 0.348 e. The molecule has 0 bridgehead atoms. The molecule has 0 aliphatic rings. The van der Waals surface area contributed by atoms with E-state index in [2.05, 4.69) is 10.4 Å². The lowest BCUT2D eigenvalue weighted by atomic mass is 10.2. The van der Waals surface area contributed by atoms with Crippen molar-refractivity contribution in [2.75, 3.05) is 0 Å². The zero-order valence-corrected chi connectivity index (χ0v) is 9.97. The SMILES string of the molecule is Cc1c(CNC(=O)c2ccccc2)cnn1C. The first-order chi connectivity index (χ1) is 8.18. The Bertz CT molecular complexity index is 517. The standard InChI is InChI=1S/C13H15N3O/c1-10-12(9-15-16(10)2)8-14-13(17)11-6-4-3-5-7-11/h3-7,9H,8H2,1-2H3,(H,14,17). The molecule has 0 unspecified atom stereocenters. The van der Waals surface area contributed by atoms with Gasteiger partial charge < -0.3 is 5.32 Å². The Morgan fingerprint density at radius 1 is 1.35 bits per heavy atom. The van der Waals surface area contributed by atoms with Crippen LogP contribution in [-0.4, -0.2) is 15.7 Å². The highest BCUT2D eigenvalue weighted by Gasteiger charge is 2.07. The van der Waals surface area contributed by atoms with E-state index in [4.69, 9.17) is 0 Å². The molecule has 1 aromatic carbocycles. The number of carbonyl (C=O) groups is 1. The molecule has 1 aromatic heterocycles. The molecule has 4 heteroatoms. The van der Waals surface area contributed by atoms with Crippen LogP contribution < -0.4 is 5.32 Å². The van der Waals surface area contributed by atoms with Crippen molar-refractivity contribution < 1.29 is 4.79 Å². The van der Waals surface area contributed by atoms with Crippen LogP contribution in [-0.2, 0) is 13.6 Å². The third-order valence-corrected chi connectivity index (χ3v) is 2.81. The number of nitrogens with one attached hydrogen (secondary N) is 1. The minimum Gasteiger partial charge on any atom is -0.348 e. The van der Waals surface area contributed by atoms with Crippen molar-refractivity contribution in [3.63, 3.8) is 0 Å². The average Bonchev–Trinajstić information content (AvgIpc) is 2.68. The lowest BCUT2D eigenvalue weighted by molar-refractivity contribution is 0.0951. The first-order valence-corrected chi connectivity index (χ1v) is 5.49. The molecule has 0 aliphatic carbocycles. The van der Waals surface area contributed by atoms with Gasteiger partial charge in [0.1, 0.15) is 0 Å². The van der Waals surface area contributed by atoms with Crippen LogP contribution >= 0.6 is 0 Å². The highest BCUT2D eigenvalue weighted by Crippen LogP contribution is 2.05. The summed E-state index contributed by atoms with van der Waals surface area (Å²) in [5, 5.41) is 7.01. The van der Waals surface area contributed by atoms with Crippen LogP contribution in [0.1, 0.15) is 21.6 Å². The first kappa shape index (κ1) is 11.4. The Labute approximate surface area is 100 Å². The molecule has 0 aliphatic heterocycles. The van der Waals surface area contributed by atoms with Gasteiger partial charge in [-0.15, -0.1) is 0 Å². The van der Waals surface area contributed by atoms with Crippen molar-refractivity contribution in [2.45, 2.75) is 13.5 Å². The van der Waals surface area contributed by atoms with Gasteiger partial charge >= 0.3 is 0 Å². The third-order valence-electron chi connectivity index (χ3n) is 2.81. The maximum Gasteiger partial charge on any atom is 0.251 e. The van der Waals surface area contributed by atoms with E-state index in [0.717, 1.165) is 11.3 Å². The van der Waals surface area contributed by atoms with E-state index >= 15 is 0 Å². The summed E-state index contributed by atoms with van der Waals surface area (Å²) >= 11 is 0. The van der Waals surface area contributed by atoms with Crippen LogP contribution in [0.3, 0.4) is 0 Å². The van der Waals surface area contributed by atoms with Gasteiger partial charge in [-0.05, 0) is 19.1 Å². The van der Waals surface area contributed by atoms with Crippen molar-refractivity contribution in [1.82, 2.24) is 15.1 Å². The van der Waals surface area contributed by atoms with Crippen LogP contribution in [0.5, 0.6) is 0 Å². The van der Waals surface area contributed by atoms with Crippen molar-refractivity contribution in [3.05, 3.63) is 53.3 Å². The molecule has 4 nitrogen and oxygen atoms in total. The summed E-state index contributed by atoms with van der Waals surface area (Å²) in [6.45, 7) is 2.49. The van der Waals surface area contributed by atoms with E-state index in [1.165, 1.54) is 0 Å². The minimum absolute atomic E-state index is 0.0612. The summed E-state index contributed by atoms with van der Waals surface area (Å²) in [6.07, 6.45) is 1.78. The van der Waals surface area contributed by atoms with Crippen LogP contribution in [0.2, 0.25) is 0 Å². The van der Waals surface area contributed by atoms with Gasteiger partial charge in [0.2, 0.25) is 0 Å². The molecule has 2 rings (SSSR count). The molecule has 0 fully saturated rings. The molecule has 0 saturated carbocycles. The predicted octanol–water partition coefficient (Wildman–Crippen LogP) is 1.66. The molecule has 0 spiro atoms. The first-order valence-electron chi connectivity index (χ1n) is 5.49. The Kier molecular flexibility index (Phi) is 3.23. The maximum absolute atomic E-state index is 11.8. The third kappa shape index (κ3) is 2.53. The fourth-order valence-electron chi connectivity index (χ4n) is 1.58. The predicted molar refractivity (Wildman–Crippen MR) is 65.6 cm³/mol. The molecule has 0 atom stereocenters. The summed E-state index contributed by atoms with van der Waals surface area (Å²) < 4.78 is 1.80. The lowest BCUT2D eigenvalue weighted by Gasteiger charge is -2.04. The molecular weight excluding hydrogens is 214 g/mol. The van der Waals surface area contributed by atoms with Crippen molar-refractivity contribution in [1.29, 1.82) is 0 Å². The van der Waals surface area contributed by atoms with Crippen LogP contribution in [0.25, 0.3) is 0 Å². The van der Waals surface area contributed by atoms with E-state index in [9.17, 15) is 4.79 Å². The maximum atomic E-state index is 11.8. The smallest absolute Gasteiger partial charge is 0.251 e. The van der Waals surface area contributed by atoms with Gasteiger partial charge in [0.05, 0.1) is 6.20 Å². The van der Waals surface area contributed by atoms with Crippen molar-refractivity contribution >= 4 is 5.91 Å². The molecule has 2 aromatic rings. The number of hydrogen-bond acceptors (Lipinski definition) is 2. The number of benzene rings is 1. The quantitative estimate of drug-likeness (QED) is 0.870.